The van der Waals surface area contributed by atoms with Gasteiger partial charge < -0.3 is 18.5 Å². The van der Waals surface area contributed by atoms with Crippen LogP contribution in [-0.2, 0) is 16.6 Å². The number of nitrogens with zero attached hydrogens (tertiary/aromatic N) is 3. The smallest absolute Gasteiger partial charge is 0.423 e. The second kappa shape index (κ2) is 8.96. The Labute approximate surface area is 184 Å². The molecule has 0 aliphatic heterocycles. The number of methoxy groups -OCH3 is 1. The maximum absolute atomic E-state index is 12.4. The summed E-state index contributed by atoms with van der Waals surface area (Å²) in [6, 6.07) is 8.52. The Bertz CT molecular complexity index is 1300. The van der Waals surface area contributed by atoms with E-state index in [1.54, 1.807) is 29.8 Å². The molecule has 0 radical (unpaired) electrons. The van der Waals surface area contributed by atoms with Crippen LogP contribution in [0.1, 0.15) is 10.4 Å². The highest BCUT2D eigenvalue weighted by molar-refractivity contribution is 5.97. The number of alkyl halides is 3. The van der Waals surface area contributed by atoms with Gasteiger partial charge in [-0.2, -0.15) is 4.98 Å². The average Bonchev–Trinajstić information content (AvgIpc) is 3.29. The van der Waals surface area contributed by atoms with Gasteiger partial charge in [-0.1, -0.05) is 0 Å². The molecule has 0 saturated heterocycles. The SMILES string of the molecule is COCCONC(=O)c1ccc2c(c1)nc(Nc1nc3ccc(OC(F)(F)F)cc3o1)n2C. The molecule has 2 aromatic heterocycles. The van der Waals surface area contributed by atoms with Crippen LogP contribution in [0.5, 0.6) is 5.75 Å². The molecule has 2 heterocycles. The van der Waals surface area contributed by atoms with Gasteiger partial charge in [0.15, 0.2) is 5.58 Å². The zero-order valence-corrected chi connectivity index (χ0v) is 17.4. The lowest BCUT2D eigenvalue weighted by Gasteiger charge is -2.07. The van der Waals surface area contributed by atoms with Crippen LogP contribution in [0.4, 0.5) is 25.1 Å². The fourth-order valence-corrected chi connectivity index (χ4v) is 3.00. The lowest BCUT2D eigenvalue weighted by molar-refractivity contribution is -0.274. The molecule has 0 atom stereocenters. The quantitative estimate of drug-likeness (QED) is 0.300. The summed E-state index contributed by atoms with van der Waals surface area (Å²) >= 11 is 0. The molecule has 0 aliphatic rings. The zero-order chi connectivity index (χ0) is 23.6. The maximum Gasteiger partial charge on any atom is 0.573 e. The molecule has 33 heavy (non-hydrogen) atoms. The number of carbonyl (C=O) groups excluding carboxylic acids is 1. The monoisotopic (exact) mass is 465 g/mol. The normalized spacial score (nSPS) is 11.8. The van der Waals surface area contributed by atoms with Crippen LogP contribution in [0.3, 0.4) is 0 Å². The van der Waals surface area contributed by atoms with E-state index in [0.29, 0.717) is 34.7 Å². The molecule has 2 aromatic carbocycles. The zero-order valence-electron chi connectivity index (χ0n) is 17.4. The van der Waals surface area contributed by atoms with Gasteiger partial charge in [0.1, 0.15) is 11.3 Å². The van der Waals surface area contributed by atoms with Crippen molar-refractivity contribution < 1.29 is 36.7 Å². The molecule has 174 valence electrons. The number of carbonyl (C=O) groups is 1. The number of hydroxylamine groups is 1. The van der Waals surface area contributed by atoms with E-state index in [-0.39, 0.29) is 18.2 Å². The van der Waals surface area contributed by atoms with Gasteiger partial charge >= 0.3 is 12.4 Å². The predicted octanol–water partition coefficient (Wildman–Crippen LogP) is 3.66. The number of benzene rings is 2. The van der Waals surface area contributed by atoms with Crippen molar-refractivity contribution in [1.29, 1.82) is 0 Å². The summed E-state index contributed by atoms with van der Waals surface area (Å²) in [4.78, 5) is 25.9. The maximum atomic E-state index is 12.4. The van der Waals surface area contributed by atoms with Crippen LogP contribution in [-0.4, -0.2) is 47.1 Å². The lowest BCUT2D eigenvalue weighted by atomic mass is 10.2. The highest BCUT2D eigenvalue weighted by atomic mass is 19.4. The number of rotatable bonds is 8. The van der Waals surface area contributed by atoms with Gasteiger partial charge in [0.05, 0.1) is 24.2 Å². The Morgan fingerprint density at radius 3 is 2.70 bits per heavy atom. The Hall–Kier alpha value is -3.84. The standard InChI is InChI=1S/C20H18F3N5O5/c1-28-15-6-3-11(17(29)27-31-8-7-30-2)9-14(15)24-18(28)26-19-25-13-5-4-12(10-16(13)32-19)33-20(21,22)23/h3-6,9-10H,7-8H2,1-2H3,(H,27,29)(H,24,25,26). The predicted molar refractivity (Wildman–Crippen MR) is 110 cm³/mol. The number of imidazole rings is 1. The van der Waals surface area contributed by atoms with Gasteiger partial charge in [-0.25, -0.2) is 10.5 Å². The third-order valence-corrected chi connectivity index (χ3v) is 4.51. The van der Waals surface area contributed by atoms with Crippen LogP contribution in [0, 0.1) is 0 Å². The van der Waals surface area contributed by atoms with Crippen molar-refractivity contribution in [3.8, 4) is 5.75 Å². The van der Waals surface area contributed by atoms with E-state index in [1.807, 2.05) is 0 Å². The van der Waals surface area contributed by atoms with Gasteiger partial charge in [-0.05, 0) is 30.3 Å². The highest BCUT2D eigenvalue weighted by Crippen LogP contribution is 2.29. The number of amides is 1. The number of ether oxygens (including phenoxy) is 2. The Balaban J connectivity index is 1.53. The van der Waals surface area contributed by atoms with Gasteiger partial charge in [-0.3, -0.25) is 14.9 Å². The first kappa shape index (κ1) is 22.4. The lowest BCUT2D eigenvalue weighted by Crippen LogP contribution is -2.25. The Kier molecular flexibility index (Phi) is 6.07. The molecule has 4 aromatic rings. The molecule has 10 nitrogen and oxygen atoms in total. The van der Waals surface area contributed by atoms with Gasteiger partial charge in [-0.15, -0.1) is 13.2 Å². The average molecular weight is 465 g/mol. The van der Waals surface area contributed by atoms with Crippen molar-refractivity contribution in [3.05, 3.63) is 42.0 Å². The first-order valence-corrected chi connectivity index (χ1v) is 9.54. The number of aryl methyl sites for hydroxylation is 1. The number of aromatic nitrogens is 3. The number of nitrogens with one attached hydrogen (secondary N) is 2. The summed E-state index contributed by atoms with van der Waals surface area (Å²) in [6.45, 7) is 0.539. The second-order valence-corrected chi connectivity index (χ2v) is 6.79. The number of halogens is 3. The van der Waals surface area contributed by atoms with Crippen molar-refractivity contribution in [2.45, 2.75) is 6.36 Å². The first-order chi connectivity index (χ1) is 15.7. The van der Waals surface area contributed by atoms with Crippen LogP contribution in [0.15, 0.2) is 40.8 Å². The number of fused-ring (bicyclic) bond motifs is 2. The summed E-state index contributed by atoms with van der Waals surface area (Å²) in [6.07, 6.45) is -4.81. The van der Waals surface area contributed by atoms with E-state index < -0.39 is 18.0 Å². The van der Waals surface area contributed by atoms with Gasteiger partial charge in [0, 0.05) is 25.8 Å². The number of hydrogen-bond donors (Lipinski definition) is 2. The van der Waals surface area contributed by atoms with E-state index in [1.165, 1.54) is 13.2 Å². The molecule has 13 heteroatoms. The molecule has 0 fully saturated rings. The fourth-order valence-electron chi connectivity index (χ4n) is 3.00. The van der Waals surface area contributed by atoms with Crippen LogP contribution in [0.25, 0.3) is 22.1 Å². The van der Waals surface area contributed by atoms with E-state index in [4.69, 9.17) is 14.0 Å². The third-order valence-electron chi connectivity index (χ3n) is 4.51. The summed E-state index contributed by atoms with van der Waals surface area (Å²) in [5.74, 6) is -0.515. The second-order valence-electron chi connectivity index (χ2n) is 6.79. The summed E-state index contributed by atoms with van der Waals surface area (Å²) in [7, 11) is 3.26. The highest BCUT2D eigenvalue weighted by Gasteiger charge is 2.31. The molecule has 0 spiro atoms. The Morgan fingerprint density at radius 2 is 1.94 bits per heavy atom. The molecule has 0 bridgehead atoms. The minimum absolute atomic E-state index is 0.0251. The van der Waals surface area contributed by atoms with Crippen LogP contribution < -0.4 is 15.5 Å². The fraction of sp³-hybridized carbons (Fsp3) is 0.250. The largest absolute Gasteiger partial charge is 0.573 e. The number of hydrogen-bond acceptors (Lipinski definition) is 8. The first-order valence-electron chi connectivity index (χ1n) is 9.54. The minimum atomic E-state index is -4.81. The van der Waals surface area contributed by atoms with E-state index in [9.17, 15) is 18.0 Å². The summed E-state index contributed by atoms with van der Waals surface area (Å²) in [5, 5.41) is 2.89. The van der Waals surface area contributed by atoms with Crippen molar-refractivity contribution in [1.82, 2.24) is 20.0 Å². The van der Waals surface area contributed by atoms with Crippen molar-refractivity contribution in [3.63, 3.8) is 0 Å². The van der Waals surface area contributed by atoms with E-state index >= 15 is 0 Å². The van der Waals surface area contributed by atoms with Crippen LogP contribution in [0.2, 0.25) is 0 Å². The molecule has 0 aliphatic carbocycles. The minimum Gasteiger partial charge on any atom is -0.423 e. The summed E-state index contributed by atoms with van der Waals surface area (Å²) in [5.41, 5.74) is 4.32. The van der Waals surface area contributed by atoms with E-state index in [0.717, 1.165) is 12.1 Å². The van der Waals surface area contributed by atoms with Crippen molar-refractivity contribution in [2.24, 2.45) is 7.05 Å². The van der Waals surface area contributed by atoms with Gasteiger partial charge in [0.25, 0.3) is 5.91 Å². The van der Waals surface area contributed by atoms with E-state index in [2.05, 4.69) is 25.5 Å². The molecule has 4 rings (SSSR count). The summed E-state index contributed by atoms with van der Waals surface area (Å²) < 4.78 is 53.2. The molecule has 1 amide bonds. The number of oxazole rings is 1. The number of anilines is 2. The topological polar surface area (TPSA) is 113 Å². The molecular weight excluding hydrogens is 447 g/mol. The Morgan fingerprint density at radius 1 is 1.12 bits per heavy atom. The molecule has 2 N–H and O–H groups in total. The van der Waals surface area contributed by atoms with Gasteiger partial charge in [0.2, 0.25) is 5.95 Å². The molecular formula is C20H18F3N5O5. The third kappa shape index (κ3) is 5.15. The molecule has 0 saturated carbocycles. The van der Waals surface area contributed by atoms with Crippen molar-refractivity contribution >= 4 is 40.0 Å². The molecule has 0 unspecified atom stereocenters. The van der Waals surface area contributed by atoms with Crippen molar-refractivity contribution in [2.75, 3.05) is 25.6 Å². The van der Waals surface area contributed by atoms with Crippen LogP contribution >= 0.6 is 0 Å².